The predicted octanol–water partition coefficient (Wildman–Crippen LogP) is -0.329. The van der Waals surface area contributed by atoms with Crippen LogP contribution in [0.15, 0.2) is 23.1 Å². The van der Waals surface area contributed by atoms with Crippen molar-refractivity contribution >= 4 is 0 Å². The molecule has 0 radical (unpaired) electrons. The molecule has 0 spiro atoms. The third-order valence-corrected chi connectivity index (χ3v) is 2.64. The van der Waals surface area contributed by atoms with Crippen molar-refractivity contribution in [1.82, 2.24) is 19.6 Å². The van der Waals surface area contributed by atoms with Crippen LogP contribution < -0.4 is 16.0 Å². The molecule has 0 aliphatic rings. The maximum atomic E-state index is 11.9. The van der Waals surface area contributed by atoms with Crippen molar-refractivity contribution in [3.8, 4) is 5.75 Å². The fraction of sp³-hybridized carbons (Fsp3) is 0.417. The van der Waals surface area contributed by atoms with Crippen LogP contribution in [-0.4, -0.2) is 32.7 Å². The highest BCUT2D eigenvalue weighted by Crippen LogP contribution is 2.05. The second-order valence-corrected chi connectivity index (χ2v) is 4.22. The Bertz CT molecular complexity index is 617. The van der Waals surface area contributed by atoms with Gasteiger partial charge in [-0.1, -0.05) is 0 Å². The molecule has 7 heteroatoms. The van der Waals surface area contributed by atoms with Crippen LogP contribution in [0.5, 0.6) is 5.75 Å². The van der Waals surface area contributed by atoms with E-state index in [1.54, 1.807) is 4.68 Å². The topological polar surface area (TPSA) is 88.0 Å². The molecule has 0 atom stereocenters. The molecule has 2 heterocycles. The van der Waals surface area contributed by atoms with Gasteiger partial charge in [-0.25, -0.2) is 4.68 Å². The number of hydrogen-bond acceptors (Lipinski definition) is 5. The van der Waals surface area contributed by atoms with Crippen molar-refractivity contribution in [2.75, 3.05) is 13.2 Å². The third kappa shape index (κ3) is 3.19. The lowest BCUT2D eigenvalue weighted by Crippen LogP contribution is -2.24. The summed E-state index contributed by atoms with van der Waals surface area (Å²) >= 11 is 0. The number of rotatable bonds is 5. The Kier molecular flexibility index (Phi) is 3.96. The lowest BCUT2D eigenvalue weighted by Gasteiger charge is -2.07. The van der Waals surface area contributed by atoms with E-state index in [9.17, 15) is 4.79 Å². The Labute approximate surface area is 110 Å². The van der Waals surface area contributed by atoms with Gasteiger partial charge in [0.05, 0.1) is 24.1 Å². The van der Waals surface area contributed by atoms with Gasteiger partial charge in [-0.2, -0.15) is 10.2 Å². The van der Waals surface area contributed by atoms with Crippen molar-refractivity contribution in [2.24, 2.45) is 12.8 Å². The standard InChI is InChI=1S/C12H17N5O2/c1-9-5-10(16(2)15-9)8-17-12(18)6-11(7-14-17)19-4-3-13/h5-7H,3-4,8,13H2,1-2H3. The van der Waals surface area contributed by atoms with E-state index in [0.29, 0.717) is 25.4 Å². The molecule has 2 aromatic rings. The van der Waals surface area contributed by atoms with E-state index in [2.05, 4.69) is 10.2 Å². The van der Waals surface area contributed by atoms with Gasteiger partial charge in [0.2, 0.25) is 0 Å². The van der Waals surface area contributed by atoms with Crippen LogP contribution in [0.1, 0.15) is 11.4 Å². The van der Waals surface area contributed by atoms with E-state index in [-0.39, 0.29) is 5.56 Å². The van der Waals surface area contributed by atoms with Crippen molar-refractivity contribution in [2.45, 2.75) is 13.5 Å². The Balaban J connectivity index is 2.17. The third-order valence-electron chi connectivity index (χ3n) is 2.64. The van der Waals surface area contributed by atoms with Crippen LogP contribution in [0.25, 0.3) is 0 Å². The molecule has 2 rings (SSSR count). The number of ether oxygens (including phenoxy) is 1. The van der Waals surface area contributed by atoms with Crippen LogP contribution >= 0.6 is 0 Å². The first-order valence-electron chi connectivity index (χ1n) is 5.99. The normalized spacial score (nSPS) is 10.7. The summed E-state index contributed by atoms with van der Waals surface area (Å²) in [5.41, 5.74) is 6.94. The molecule has 0 aliphatic carbocycles. The molecule has 2 N–H and O–H groups in total. The Morgan fingerprint density at radius 1 is 1.42 bits per heavy atom. The Morgan fingerprint density at radius 2 is 2.21 bits per heavy atom. The molecule has 0 fully saturated rings. The predicted molar refractivity (Wildman–Crippen MR) is 70.1 cm³/mol. The monoisotopic (exact) mass is 263 g/mol. The highest BCUT2D eigenvalue weighted by molar-refractivity contribution is 5.15. The van der Waals surface area contributed by atoms with E-state index in [1.165, 1.54) is 16.9 Å². The van der Waals surface area contributed by atoms with Gasteiger partial charge in [0.15, 0.2) is 0 Å². The van der Waals surface area contributed by atoms with Crippen molar-refractivity contribution in [1.29, 1.82) is 0 Å². The lowest BCUT2D eigenvalue weighted by atomic mass is 10.3. The first-order valence-corrected chi connectivity index (χ1v) is 5.99. The molecule has 0 amide bonds. The molecule has 102 valence electrons. The summed E-state index contributed by atoms with van der Waals surface area (Å²) < 4.78 is 8.36. The average Bonchev–Trinajstić information content (AvgIpc) is 2.68. The van der Waals surface area contributed by atoms with Crippen molar-refractivity contribution in [3.05, 3.63) is 40.1 Å². The number of aromatic nitrogens is 4. The molecule has 19 heavy (non-hydrogen) atoms. The molecule has 0 bridgehead atoms. The molecular formula is C12H17N5O2. The minimum atomic E-state index is -0.214. The summed E-state index contributed by atoms with van der Waals surface area (Å²) in [5, 5.41) is 8.30. The van der Waals surface area contributed by atoms with Gasteiger partial charge in [-0.05, 0) is 13.0 Å². The maximum absolute atomic E-state index is 11.9. The zero-order valence-corrected chi connectivity index (χ0v) is 11.0. The molecule has 0 unspecified atom stereocenters. The van der Waals surface area contributed by atoms with Gasteiger partial charge in [-0.3, -0.25) is 9.48 Å². The van der Waals surface area contributed by atoms with Crippen LogP contribution in [0.4, 0.5) is 0 Å². The lowest BCUT2D eigenvalue weighted by molar-refractivity contribution is 0.324. The maximum Gasteiger partial charge on any atom is 0.270 e. The number of hydrogen-bond donors (Lipinski definition) is 1. The zero-order valence-electron chi connectivity index (χ0n) is 11.0. The fourth-order valence-electron chi connectivity index (χ4n) is 1.76. The van der Waals surface area contributed by atoms with Gasteiger partial charge in [0, 0.05) is 19.7 Å². The van der Waals surface area contributed by atoms with Crippen molar-refractivity contribution in [3.63, 3.8) is 0 Å². The summed E-state index contributed by atoms with van der Waals surface area (Å²) in [4.78, 5) is 11.9. The quantitative estimate of drug-likeness (QED) is 0.798. The first-order chi connectivity index (χ1) is 9.10. The van der Waals surface area contributed by atoms with Crippen LogP contribution in [-0.2, 0) is 13.6 Å². The first kappa shape index (κ1) is 13.3. The van der Waals surface area contributed by atoms with E-state index in [0.717, 1.165) is 11.4 Å². The van der Waals surface area contributed by atoms with Crippen molar-refractivity contribution < 1.29 is 4.74 Å². The number of aryl methyl sites for hydroxylation is 2. The summed E-state index contributed by atoms with van der Waals surface area (Å²) in [5.74, 6) is 0.438. The van der Waals surface area contributed by atoms with Gasteiger partial charge in [0.25, 0.3) is 5.56 Å². The SMILES string of the molecule is Cc1cc(Cn2ncc(OCCN)cc2=O)n(C)n1. The molecular weight excluding hydrogens is 246 g/mol. The van der Waals surface area contributed by atoms with Crippen LogP contribution in [0.3, 0.4) is 0 Å². The average molecular weight is 263 g/mol. The number of nitrogens with zero attached hydrogens (tertiary/aromatic N) is 4. The van der Waals surface area contributed by atoms with Gasteiger partial charge in [0.1, 0.15) is 12.4 Å². The second-order valence-electron chi connectivity index (χ2n) is 4.22. The highest BCUT2D eigenvalue weighted by atomic mass is 16.5. The summed E-state index contributed by atoms with van der Waals surface area (Å²) in [6.45, 7) is 3.06. The van der Waals surface area contributed by atoms with Crippen LogP contribution in [0.2, 0.25) is 0 Å². The van der Waals surface area contributed by atoms with E-state index < -0.39 is 0 Å². The minimum absolute atomic E-state index is 0.214. The van der Waals surface area contributed by atoms with Gasteiger partial charge >= 0.3 is 0 Å². The fourth-order valence-corrected chi connectivity index (χ4v) is 1.76. The summed E-state index contributed by atoms with van der Waals surface area (Å²) in [6.07, 6.45) is 1.51. The van der Waals surface area contributed by atoms with Gasteiger partial charge in [-0.15, -0.1) is 0 Å². The minimum Gasteiger partial charge on any atom is -0.490 e. The second kappa shape index (κ2) is 5.66. The molecule has 0 saturated heterocycles. The molecule has 7 nitrogen and oxygen atoms in total. The van der Waals surface area contributed by atoms with E-state index >= 15 is 0 Å². The Morgan fingerprint density at radius 3 is 2.79 bits per heavy atom. The number of nitrogens with two attached hydrogens (primary N) is 1. The van der Waals surface area contributed by atoms with E-state index in [4.69, 9.17) is 10.5 Å². The zero-order chi connectivity index (χ0) is 13.8. The largest absolute Gasteiger partial charge is 0.490 e. The summed E-state index contributed by atoms with van der Waals surface area (Å²) in [6, 6.07) is 3.33. The highest BCUT2D eigenvalue weighted by Gasteiger charge is 2.06. The van der Waals surface area contributed by atoms with E-state index in [1.807, 2.05) is 20.0 Å². The molecule has 0 saturated carbocycles. The Hall–Kier alpha value is -2.15. The smallest absolute Gasteiger partial charge is 0.270 e. The molecule has 0 aliphatic heterocycles. The molecule has 0 aromatic carbocycles. The summed E-state index contributed by atoms with van der Waals surface area (Å²) in [7, 11) is 1.84. The van der Waals surface area contributed by atoms with Crippen LogP contribution in [0, 0.1) is 6.92 Å². The van der Waals surface area contributed by atoms with Gasteiger partial charge < -0.3 is 10.5 Å². The molecule has 2 aromatic heterocycles.